The lowest BCUT2D eigenvalue weighted by Crippen LogP contribution is -2.37. The van der Waals surface area contributed by atoms with Crippen LogP contribution in [0.25, 0.3) is 0 Å². The molecule has 0 spiro atoms. The minimum atomic E-state index is -0.253. The predicted octanol–water partition coefficient (Wildman–Crippen LogP) is 4.51. The Morgan fingerprint density at radius 1 is 1.20 bits per heavy atom. The van der Waals surface area contributed by atoms with E-state index < -0.39 is 0 Å². The summed E-state index contributed by atoms with van der Waals surface area (Å²) >= 11 is 1.55. The lowest BCUT2D eigenvalue weighted by molar-refractivity contribution is -0.131. The van der Waals surface area contributed by atoms with Gasteiger partial charge in [0.15, 0.2) is 0 Å². The van der Waals surface area contributed by atoms with Gasteiger partial charge in [-0.2, -0.15) is 0 Å². The molecule has 1 fully saturated rings. The zero-order chi connectivity index (χ0) is 17.8. The van der Waals surface area contributed by atoms with Gasteiger partial charge in [0.25, 0.3) is 0 Å². The van der Waals surface area contributed by atoms with Crippen molar-refractivity contribution in [3.8, 4) is 5.75 Å². The molecular formula is C20H22FNO2S. The zero-order valence-corrected chi connectivity index (χ0v) is 15.3. The van der Waals surface area contributed by atoms with Gasteiger partial charge < -0.3 is 9.64 Å². The van der Waals surface area contributed by atoms with Crippen LogP contribution in [-0.2, 0) is 11.3 Å². The molecular weight excluding hydrogens is 337 g/mol. The van der Waals surface area contributed by atoms with Gasteiger partial charge in [0, 0.05) is 17.5 Å². The summed E-state index contributed by atoms with van der Waals surface area (Å²) in [7, 11) is 1.64. The van der Waals surface area contributed by atoms with Crippen molar-refractivity contribution in [2.24, 2.45) is 0 Å². The van der Waals surface area contributed by atoms with Crippen LogP contribution in [0, 0.1) is 5.82 Å². The van der Waals surface area contributed by atoms with Crippen LogP contribution in [0.2, 0.25) is 0 Å². The first-order valence-electron chi connectivity index (χ1n) is 8.42. The van der Waals surface area contributed by atoms with Crippen molar-refractivity contribution in [2.45, 2.75) is 42.5 Å². The summed E-state index contributed by atoms with van der Waals surface area (Å²) in [6.07, 6.45) is 2.10. The highest BCUT2D eigenvalue weighted by atomic mass is 32.2. The fraction of sp³-hybridized carbons (Fsp3) is 0.350. The van der Waals surface area contributed by atoms with E-state index in [2.05, 4.69) is 0 Å². The molecule has 3 rings (SSSR count). The fourth-order valence-electron chi connectivity index (χ4n) is 2.70. The van der Waals surface area contributed by atoms with E-state index in [4.69, 9.17) is 4.74 Å². The molecule has 1 atom stereocenters. The number of benzene rings is 2. The van der Waals surface area contributed by atoms with E-state index in [1.54, 1.807) is 31.0 Å². The van der Waals surface area contributed by atoms with Gasteiger partial charge in [0.1, 0.15) is 11.6 Å². The van der Waals surface area contributed by atoms with Gasteiger partial charge in [-0.15, -0.1) is 11.8 Å². The van der Waals surface area contributed by atoms with Gasteiger partial charge in [0.05, 0.1) is 12.4 Å². The van der Waals surface area contributed by atoms with Crippen LogP contribution in [0.1, 0.15) is 25.3 Å². The predicted molar refractivity (Wildman–Crippen MR) is 98.3 cm³/mol. The van der Waals surface area contributed by atoms with Gasteiger partial charge in [-0.3, -0.25) is 4.79 Å². The van der Waals surface area contributed by atoms with E-state index in [0.717, 1.165) is 29.1 Å². The number of thioether (sulfide) groups is 1. The molecule has 0 saturated heterocycles. The molecule has 2 aromatic rings. The van der Waals surface area contributed by atoms with Crippen molar-refractivity contribution in [1.82, 2.24) is 4.90 Å². The molecule has 0 heterocycles. The molecule has 2 aromatic carbocycles. The maximum atomic E-state index is 13.1. The number of carbonyl (C=O) groups is 1. The molecule has 0 aliphatic heterocycles. The van der Waals surface area contributed by atoms with Crippen LogP contribution in [0.15, 0.2) is 53.4 Å². The molecule has 1 amide bonds. The molecule has 1 aliphatic carbocycles. The second kappa shape index (κ2) is 7.91. The van der Waals surface area contributed by atoms with Crippen molar-refractivity contribution < 1.29 is 13.9 Å². The molecule has 0 radical (unpaired) electrons. The van der Waals surface area contributed by atoms with Crippen LogP contribution < -0.4 is 4.74 Å². The molecule has 5 heteroatoms. The Kier molecular flexibility index (Phi) is 5.63. The minimum Gasteiger partial charge on any atom is -0.497 e. The van der Waals surface area contributed by atoms with E-state index >= 15 is 0 Å². The SMILES string of the molecule is COc1ccc(SC(C)C(=O)N(Cc2ccc(F)cc2)C2CC2)cc1. The molecule has 1 unspecified atom stereocenters. The normalized spacial score (nSPS) is 14.8. The first-order valence-corrected chi connectivity index (χ1v) is 9.30. The number of halogens is 1. The van der Waals surface area contributed by atoms with E-state index in [0.29, 0.717) is 12.6 Å². The lowest BCUT2D eigenvalue weighted by Gasteiger charge is -2.26. The third kappa shape index (κ3) is 4.75. The molecule has 25 heavy (non-hydrogen) atoms. The van der Waals surface area contributed by atoms with Crippen molar-refractivity contribution in [2.75, 3.05) is 7.11 Å². The standard InChI is InChI=1S/C20H22FNO2S/c1-14(25-19-11-9-18(24-2)10-12-19)20(23)22(17-7-8-17)13-15-3-5-16(21)6-4-15/h3-6,9-12,14,17H,7-8,13H2,1-2H3. The van der Waals surface area contributed by atoms with Crippen LogP contribution in [0.4, 0.5) is 4.39 Å². The van der Waals surface area contributed by atoms with Crippen molar-refractivity contribution in [1.29, 1.82) is 0 Å². The second-order valence-electron chi connectivity index (χ2n) is 6.26. The Morgan fingerprint density at radius 2 is 1.84 bits per heavy atom. The van der Waals surface area contributed by atoms with Gasteiger partial charge >= 0.3 is 0 Å². The highest BCUT2D eigenvalue weighted by Crippen LogP contribution is 2.32. The first kappa shape index (κ1) is 17.8. The molecule has 0 N–H and O–H groups in total. The van der Waals surface area contributed by atoms with E-state index in [9.17, 15) is 9.18 Å². The summed E-state index contributed by atoms with van der Waals surface area (Å²) in [5.41, 5.74) is 0.961. The molecule has 3 nitrogen and oxygen atoms in total. The highest BCUT2D eigenvalue weighted by molar-refractivity contribution is 8.00. The number of carbonyl (C=O) groups excluding carboxylic acids is 1. The van der Waals surface area contributed by atoms with Crippen LogP contribution in [-0.4, -0.2) is 29.2 Å². The van der Waals surface area contributed by atoms with Gasteiger partial charge in [-0.25, -0.2) is 4.39 Å². The number of methoxy groups -OCH3 is 1. The van der Waals surface area contributed by atoms with E-state index in [1.165, 1.54) is 12.1 Å². The molecule has 1 saturated carbocycles. The summed E-state index contributed by atoms with van der Waals surface area (Å²) in [6, 6.07) is 14.4. The van der Waals surface area contributed by atoms with Gasteiger partial charge in [-0.05, 0) is 61.7 Å². The summed E-state index contributed by atoms with van der Waals surface area (Å²) in [4.78, 5) is 15.9. The topological polar surface area (TPSA) is 29.5 Å². The smallest absolute Gasteiger partial charge is 0.236 e. The van der Waals surface area contributed by atoms with Crippen LogP contribution in [0.3, 0.4) is 0 Å². The molecule has 132 valence electrons. The number of rotatable bonds is 7. The average Bonchev–Trinajstić information content (AvgIpc) is 3.46. The minimum absolute atomic E-state index is 0.132. The quantitative estimate of drug-likeness (QED) is 0.682. The van der Waals surface area contributed by atoms with Crippen LogP contribution >= 0.6 is 11.8 Å². The Balaban J connectivity index is 1.65. The molecule has 0 bridgehead atoms. The Bertz CT molecular complexity index is 713. The van der Waals surface area contributed by atoms with E-state index in [-0.39, 0.29) is 17.0 Å². The van der Waals surface area contributed by atoms with Crippen LogP contribution in [0.5, 0.6) is 5.75 Å². The first-order chi connectivity index (χ1) is 12.1. The largest absolute Gasteiger partial charge is 0.497 e. The highest BCUT2D eigenvalue weighted by Gasteiger charge is 2.34. The average molecular weight is 359 g/mol. The maximum absolute atomic E-state index is 13.1. The second-order valence-corrected chi connectivity index (χ2v) is 7.67. The number of hydrogen-bond donors (Lipinski definition) is 0. The van der Waals surface area contributed by atoms with Crippen molar-refractivity contribution >= 4 is 17.7 Å². The van der Waals surface area contributed by atoms with Crippen molar-refractivity contribution in [3.05, 3.63) is 59.9 Å². The molecule has 0 aromatic heterocycles. The number of ether oxygens (including phenoxy) is 1. The van der Waals surface area contributed by atoms with Crippen molar-refractivity contribution in [3.63, 3.8) is 0 Å². The summed E-state index contributed by atoms with van der Waals surface area (Å²) in [6.45, 7) is 2.48. The Labute approximate surface area is 152 Å². The zero-order valence-electron chi connectivity index (χ0n) is 14.4. The van der Waals surface area contributed by atoms with Gasteiger partial charge in [0.2, 0.25) is 5.91 Å². The Hall–Kier alpha value is -2.01. The summed E-state index contributed by atoms with van der Waals surface area (Å²) < 4.78 is 18.2. The maximum Gasteiger partial charge on any atom is 0.236 e. The number of amides is 1. The van der Waals surface area contributed by atoms with Gasteiger partial charge in [-0.1, -0.05) is 12.1 Å². The molecule has 1 aliphatic rings. The summed E-state index contributed by atoms with van der Waals surface area (Å²) in [5, 5.41) is -0.172. The Morgan fingerprint density at radius 3 is 2.40 bits per heavy atom. The lowest BCUT2D eigenvalue weighted by atomic mass is 10.2. The third-order valence-electron chi connectivity index (χ3n) is 4.26. The number of hydrogen-bond acceptors (Lipinski definition) is 3. The van der Waals surface area contributed by atoms with E-state index in [1.807, 2.05) is 36.1 Å². The summed E-state index contributed by atoms with van der Waals surface area (Å²) in [5.74, 6) is 0.684. The monoisotopic (exact) mass is 359 g/mol. The fourth-order valence-corrected chi connectivity index (χ4v) is 3.64. The number of nitrogens with zero attached hydrogens (tertiary/aromatic N) is 1. The third-order valence-corrected chi connectivity index (χ3v) is 5.36.